The van der Waals surface area contributed by atoms with Gasteiger partial charge in [0.05, 0.1) is 0 Å². The molecule has 0 aromatic heterocycles. The summed E-state index contributed by atoms with van der Waals surface area (Å²) in [5.41, 5.74) is 11.7. The first kappa shape index (κ1) is 15.1. The van der Waals surface area contributed by atoms with E-state index in [1.54, 1.807) is 0 Å². The summed E-state index contributed by atoms with van der Waals surface area (Å²) < 4.78 is 6.23. The summed E-state index contributed by atoms with van der Waals surface area (Å²) in [5, 5.41) is 1.32. The van der Waals surface area contributed by atoms with E-state index in [-0.39, 0.29) is 10.8 Å². The maximum atomic E-state index is 6.23. The predicted octanol–water partition coefficient (Wildman–Crippen LogP) is 3.71. The maximum absolute atomic E-state index is 6.23. The zero-order valence-corrected chi connectivity index (χ0v) is 14.9. The quantitative estimate of drug-likeness (QED) is 0.634. The number of allylic oxidation sites excluding steroid dienone is 1. The Morgan fingerprint density at radius 2 is 1.90 bits per heavy atom. The van der Waals surface area contributed by atoms with Crippen molar-refractivity contribution in [3.63, 3.8) is 0 Å². The first-order chi connectivity index (χ1) is 9.67. The molecule has 2 N–H and O–H groups in total. The van der Waals surface area contributed by atoms with Crippen molar-refractivity contribution in [2.75, 3.05) is 6.54 Å². The summed E-state index contributed by atoms with van der Waals surface area (Å²) in [6.07, 6.45) is 2.35. The van der Waals surface area contributed by atoms with E-state index >= 15 is 0 Å². The number of ether oxygens (including phenoxy) is 1. The van der Waals surface area contributed by atoms with Crippen LogP contribution in [0, 0.1) is 6.92 Å². The molecular formula is C18H26NOP. The van der Waals surface area contributed by atoms with Crippen LogP contribution in [0.2, 0.25) is 0 Å². The first-order valence-corrected chi connectivity index (χ1v) is 8.71. The summed E-state index contributed by atoms with van der Waals surface area (Å²) >= 11 is 0. The van der Waals surface area contributed by atoms with Gasteiger partial charge in [-0.1, -0.05) is 25.5 Å². The van der Waals surface area contributed by atoms with Gasteiger partial charge in [0, 0.05) is 23.2 Å². The van der Waals surface area contributed by atoms with Gasteiger partial charge in [0.15, 0.2) is 0 Å². The summed E-state index contributed by atoms with van der Waals surface area (Å²) in [4.78, 5) is 0. The maximum Gasteiger partial charge on any atom is 0.131 e. The molecule has 2 nitrogen and oxygen atoms in total. The number of rotatable bonds is 1. The van der Waals surface area contributed by atoms with E-state index in [4.69, 9.17) is 10.5 Å². The molecule has 2 atom stereocenters. The standard InChI is InChI=1S/C18H26NOP/c1-10-7-12(9-19)15-11(2)16-14(21-18(5,6)20-16)8-13(15)17(10,3)4/h7-8,12,21H,9,19H2,1-6H3. The summed E-state index contributed by atoms with van der Waals surface area (Å²) in [5.74, 6) is 1.42. The van der Waals surface area contributed by atoms with E-state index in [9.17, 15) is 0 Å². The van der Waals surface area contributed by atoms with Gasteiger partial charge in [-0.2, -0.15) is 0 Å². The van der Waals surface area contributed by atoms with Gasteiger partial charge in [0.25, 0.3) is 0 Å². The van der Waals surface area contributed by atoms with E-state index in [0.717, 1.165) is 5.75 Å². The number of benzene rings is 1. The van der Waals surface area contributed by atoms with Crippen molar-refractivity contribution >= 4 is 13.9 Å². The number of hydrogen-bond donors (Lipinski definition) is 1. The van der Waals surface area contributed by atoms with Gasteiger partial charge in [-0.15, -0.1) is 0 Å². The van der Waals surface area contributed by atoms with Crippen molar-refractivity contribution in [2.24, 2.45) is 5.73 Å². The summed E-state index contributed by atoms with van der Waals surface area (Å²) in [6, 6.07) is 2.39. The van der Waals surface area contributed by atoms with Crippen LogP contribution < -0.4 is 15.8 Å². The van der Waals surface area contributed by atoms with Crippen LogP contribution in [0.5, 0.6) is 5.75 Å². The molecule has 1 aromatic carbocycles. The van der Waals surface area contributed by atoms with Crippen LogP contribution >= 0.6 is 8.58 Å². The molecular weight excluding hydrogens is 277 g/mol. The smallest absolute Gasteiger partial charge is 0.131 e. The topological polar surface area (TPSA) is 35.2 Å². The SMILES string of the molecule is CC1=CC(CN)c2c(cc3c(c2C)OC(C)(C)P3)C1(C)C. The molecule has 1 aliphatic carbocycles. The van der Waals surface area contributed by atoms with Crippen LogP contribution in [0.15, 0.2) is 17.7 Å². The van der Waals surface area contributed by atoms with E-state index in [1.807, 2.05) is 0 Å². The van der Waals surface area contributed by atoms with Crippen molar-refractivity contribution in [2.45, 2.75) is 58.2 Å². The largest absolute Gasteiger partial charge is 0.483 e. The molecule has 1 heterocycles. The number of nitrogens with two attached hydrogens (primary N) is 1. The Kier molecular flexibility index (Phi) is 3.28. The minimum Gasteiger partial charge on any atom is -0.483 e. The zero-order valence-electron chi connectivity index (χ0n) is 13.9. The molecule has 0 radical (unpaired) electrons. The van der Waals surface area contributed by atoms with Crippen LogP contribution in [0.1, 0.15) is 57.2 Å². The Bertz CT molecular complexity index is 643. The molecule has 114 valence electrons. The van der Waals surface area contributed by atoms with E-state index in [1.165, 1.54) is 27.6 Å². The lowest BCUT2D eigenvalue weighted by atomic mass is 9.68. The third kappa shape index (κ3) is 2.15. The molecule has 0 fully saturated rings. The molecule has 1 aliphatic heterocycles. The Morgan fingerprint density at radius 3 is 2.52 bits per heavy atom. The predicted molar refractivity (Wildman–Crippen MR) is 92.4 cm³/mol. The normalized spacial score (nSPS) is 26.0. The average Bonchev–Trinajstić information content (AvgIpc) is 2.69. The molecule has 0 bridgehead atoms. The summed E-state index contributed by atoms with van der Waals surface area (Å²) in [6.45, 7) is 14.1. The van der Waals surface area contributed by atoms with Gasteiger partial charge in [-0.25, -0.2) is 0 Å². The lowest BCUT2D eigenvalue weighted by molar-refractivity contribution is 0.213. The Labute approximate surface area is 129 Å². The van der Waals surface area contributed by atoms with Crippen molar-refractivity contribution in [3.05, 3.63) is 34.4 Å². The van der Waals surface area contributed by atoms with E-state index in [0.29, 0.717) is 21.0 Å². The molecule has 2 unspecified atom stereocenters. The Hall–Kier alpha value is -0.850. The average molecular weight is 303 g/mol. The summed E-state index contributed by atoms with van der Waals surface area (Å²) in [7, 11) is 0.712. The van der Waals surface area contributed by atoms with Crippen LogP contribution in [-0.2, 0) is 5.41 Å². The molecule has 2 aliphatic rings. The molecule has 3 heteroatoms. The van der Waals surface area contributed by atoms with Crippen LogP contribution in [0.25, 0.3) is 0 Å². The third-order valence-electron chi connectivity index (χ3n) is 5.10. The lowest BCUT2D eigenvalue weighted by Crippen LogP contribution is -2.30. The van der Waals surface area contributed by atoms with Gasteiger partial charge in [0.2, 0.25) is 0 Å². The highest BCUT2D eigenvalue weighted by Crippen LogP contribution is 2.50. The second-order valence-electron chi connectivity index (χ2n) is 7.39. The molecule has 3 rings (SSSR count). The van der Waals surface area contributed by atoms with Gasteiger partial charge in [-0.3, -0.25) is 0 Å². The minimum absolute atomic E-state index is 0.0676. The Balaban J connectivity index is 2.27. The molecule has 0 amide bonds. The van der Waals surface area contributed by atoms with Gasteiger partial charge >= 0.3 is 0 Å². The fraction of sp³-hybridized carbons (Fsp3) is 0.556. The van der Waals surface area contributed by atoms with Gasteiger partial charge in [0.1, 0.15) is 11.1 Å². The highest BCUT2D eigenvalue weighted by molar-refractivity contribution is 7.49. The van der Waals surface area contributed by atoms with Crippen LogP contribution in [-0.4, -0.2) is 11.9 Å². The van der Waals surface area contributed by atoms with Crippen LogP contribution in [0.3, 0.4) is 0 Å². The van der Waals surface area contributed by atoms with Crippen molar-refractivity contribution < 1.29 is 4.74 Å². The highest BCUT2D eigenvalue weighted by atomic mass is 31.1. The number of hydrogen-bond acceptors (Lipinski definition) is 2. The molecule has 0 saturated carbocycles. The van der Waals surface area contributed by atoms with Gasteiger partial charge in [-0.05, 0) is 59.0 Å². The molecule has 1 aromatic rings. The van der Waals surface area contributed by atoms with Crippen molar-refractivity contribution in [1.29, 1.82) is 0 Å². The minimum atomic E-state index is -0.0676. The van der Waals surface area contributed by atoms with Crippen molar-refractivity contribution in [3.8, 4) is 5.75 Å². The first-order valence-electron chi connectivity index (χ1n) is 7.71. The molecule has 21 heavy (non-hydrogen) atoms. The molecule has 0 spiro atoms. The second-order valence-corrected chi connectivity index (χ2v) is 9.39. The fourth-order valence-electron chi connectivity index (χ4n) is 3.63. The number of fused-ring (bicyclic) bond motifs is 2. The Morgan fingerprint density at radius 1 is 1.24 bits per heavy atom. The van der Waals surface area contributed by atoms with Crippen LogP contribution in [0.4, 0.5) is 0 Å². The van der Waals surface area contributed by atoms with Crippen molar-refractivity contribution in [1.82, 2.24) is 0 Å². The highest BCUT2D eigenvalue weighted by Gasteiger charge is 2.39. The van der Waals surface area contributed by atoms with E-state index < -0.39 is 0 Å². The zero-order chi connectivity index (χ0) is 15.6. The van der Waals surface area contributed by atoms with Gasteiger partial charge < -0.3 is 10.5 Å². The fourth-order valence-corrected chi connectivity index (χ4v) is 5.00. The monoisotopic (exact) mass is 303 g/mol. The lowest BCUT2D eigenvalue weighted by Gasteiger charge is -2.37. The third-order valence-corrected chi connectivity index (χ3v) is 6.44. The van der Waals surface area contributed by atoms with E-state index in [2.05, 4.69) is 53.7 Å². The second kappa shape index (κ2) is 4.57. The molecule has 0 saturated heterocycles.